The summed E-state index contributed by atoms with van der Waals surface area (Å²) in [6, 6.07) is 13.7. The van der Waals surface area contributed by atoms with Gasteiger partial charge in [-0.25, -0.2) is 14.4 Å². The van der Waals surface area contributed by atoms with Crippen LogP contribution in [-0.2, 0) is 6.54 Å². The van der Waals surface area contributed by atoms with Crippen molar-refractivity contribution in [2.45, 2.75) is 12.5 Å². The van der Waals surface area contributed by atoms with E-state index >= 15 is 0 Å². The number of hydrogen-bond acceptors (Lipinski definition) is 5. The SMILES string of the molecule is O=C(c1ccc(NCc2cccc(F)c2)nc1)C1CNc2ncccc21. The standard InChI is InChI=1S/C20H17FN4O/c21-15-4-1-3-13(9-15)10-23-18-7-6-14(11-24-18)19(26)17-12-25-20-16(17)5-2-8-22-20/h1-9,11,17H,10,12H2,(H,22,25)(H,23,24). The van der Waals surface area contributed by atoms with Gasteiger partial charge in [-0.05, 0) is 35.9 Å². The molecule has 1 aliphatic heterocycles. The lowest BCUT2D eigenvalue weighted by molar-refractivity contribution is 0.0966. The molecule has 1 atom stereocenters. The summed E-state index contributed by atoms with van der Waals surface area (Å²) < 4.78 is 13.2. The molecule has 0 bridgehead atoms. The highest BCUT2D eigenvalue weighted by molar-refractivity contribution is 6.02. The fourth-order valence-electron chi connectivity index (χ4n) is 3.07. The zero-order valence-electron chi connectivity index (χ0n) is 13.9. The number of halogens is 1. The highest BCUT2D eigenvalue weighted by Gasteiger charge is 2.29. The maximum atomic E-state index is 13.2. The monoisotopic (exact) mass is 348 g/mol. The van der Waals surface area contributed by atoms with Crippen LogP contribution in [0.1, 0.15) is 27.4 Å². The summed E-state index contributed by atoms with van der Waals surface area (Å²) >= 11 is 0. The van der Waals surface area contributed by atoms with Gasteiger partial charge in [0, 0.05) is 36.6 Å². The number of pyridine rings is 2. The summed E-state index contributed by atoms with van der Waals surface area (Å²) in [6.07, 6.45) is 3.28. The quantitative estimate of drug-likeness (QED) is 0.690. The van der Waals surface area contributed by atoms with Crippen LogP contribution in [0, 0.1) is 5.82 Å². The van der Waals surface area contributed by atoms with Crippen LogP contribution < -0.4 is 10.6 Å². The number of carbonyl (C=O) groups excluding carboxylic acids is 1. The first kappa shape index (κ1) is 16.2. The van der Waals surface area contributed by atoms with E-state index in [1.54, 1.807) is 30.6 Å². The molecule has 26 heavy (non-hydrogen) atoms. The van der Waals surface area contributed by atoms with Gasteiger partial charge < -0.3 is 10.6 Å². The van der Waals surface area contributed by atoms with E-state index in [1.165, 1.54) is 12.1 Å². The van der Waals surface area contributed by atoms with Crippen LogP contribution in [0.25, 0.3) is 0 Å². The third-order valence-electron chi connectivity index (χ3n) is 4.42. The van der Waals surface area contributed by atoms with Crippen LogP contribution in [0.2, 0.25) is 0 Å². The number of nitrogens with zero attached hydrogens (tertiary/aromatic N) is 2. The van der Waals surface area contributed by atoms with Crippen molar-refractivity contribution in [2.24, 2.45) is 0 Å². The van der Waals surface area contributed by atoms with E-state index in [4.69, 9.17) is 0 Å². The van der Waals surface area contributed by atoms with Crippen molar-refractivity contribution < 1.29 is 9.18 Å². The predicted molar refractivity (Wildman–Crippen MR) is 97.8 cm³/mol. The Morgan fingerprint density at radius 2 is 2.12 bits per heavy atom. The molecular formula is C20H17FN4O. The zero-order valence-corrected chi connectivity index (χ0v) is 13.9. The number of rotatable bonds is 5. The van der Waals surface area contributed by atoms with Crippen molar-refractivity contribution in [1.82, 2.24) is 9.97 Å². The molecule has 2 aromatic heterocycles. The lowest BCUT2D eigenvalue weighted by atomic mass is 9.94. The van der Waals surface area contributed by atoms with Gasteiger partial charge in [0.25, 0.3) is 0 Å². The summed E-state index contributed by atoms with van der Waals surface area (Å²) in [5, 5.41) is 6.29. The maximum Gasteiger partial charge on any atom is 0.173 e. The molecule has 0 saturated heterocycles. The largest absolute Gasteiger partial charge is 0.369 e. The Balaban J connectivity index is 1.44. The molecule has 0 amide bonds. The third kappa shape index (κ3) is 3.26. The molecule has 1 aliphatic rings. The van der Waals surface area contributed by atoms with Gasteiger partial charge >= 0.3 is 0 Å². The van der Waals surface area contributed by atoms with Crippen molar-refractivity contribution in [2.75, 3.05) is 17.2 Å². The second kappa shape index (κ2) is 6.92. The fourth-order valence-corrected chi connectivity index (χ4v) is 3.07. The molecule has 6 heteroatoms. The minimum atomic E-state index is -0.266. The van der Waals surface area contributed by atoms with Crippen molar-refractivity contribution in [3.05, 3.63) is 83.4 Å². The van der Waals surface area contributed by atoms with Crippen molar-refractivity contribution in [1.29, 1.82) is 0 Å². The normalized spacial score (nSPS) is 15.2. The lowest BCUT2D eigenvalue weighted by Gasteiger charge is -2.10. The van der Waals surface area contributed by atoms with Gasteiger partial charge in [-0.1, -0.05) is 18.2 Å². The summed E-state index contributed by atoms with van der Waals surface area (Å²) in [5.74, 6) is 0.919. The Hall–Kier alpha value is -3.28. The lowest BCUT2D eigenvalue weighted by Crippen LogP contribution is -2.15. The molecule has 3 aromatic rings. The van der Waals surface area contributed by atoms with Gasteiger partial charge in [0.15, 0.2) is 5.78 Å². The number of hydrogen-bond donors (Lipinski definition) is 2. The average molecular weight is 348 g/mol. The molecule has 0 aliphatic carbocycles. The van der Waals surface area contributed by atoms with Gasteiger partial charge in [0.1, 0.15) is 17.5 Å². The minimum Gasteiger partial charge on any atom is -0.369 e. The molecule has 0 radical (unpaired) electrons. The number of fused-ring (bicyclic) bond motifs is 1. The molecule has 5 nitrogen and oxygen atoms in total. The molecule has 3 heterocycles. The second-order valence-electron chi connectivity index (χ2n) is 6.15. The number of ketones is 1. The molecule has 1 aromatic carbocycles. The Kier molecular flexibility index (Phi) is 4.31. The molecule has 1 unspecified atom stereocenters. The topological polar surface area (TPSA) is 66.9 Å². The number of carbonyl (C=O) groups is 1. The van der Waals surface area contributed by atoms with Gasteiger partial charge in [0.2, 0.25) is 0 Å². The Bertz CT molecular complexity index is 943. The van der Waals surface area contributed by atoms with Crippen LogP contribution in [0.3, 0.4) is 0 Å². The number of anilines is 2. The maximum absolute atomic E-state index is 13.2. The van der Waals surface area contributed by atoms with Gasteiger partial charge in [-0.2, -0.15) is 0 Å². The van der Waals surface area contributed by atoms with Crippen LogP contribution >= 0.6 is 0 Å². The van der Waals surface area contributed by atoms with E-state index in [0.717, 1.165) is 16.9 Å². The van der Waals surface area contributed by atoms with E-state index in [-0.39, 0.29) is 17.5 Å². The first-order valence-corrected chi connectivity index (χ1v) is 8.38. The number of benzene rings is 1. The molecule has 130 valence electrons. The molecule has 2 N–H and O–H groups in total. The number of nitrogens with one attached hydrogen (secondary N) is 2. The van der Waals surface area contributed by atoms with Gasteiger partial charge in [0.05, 0.1) is 5.92 Å². The molecule has 0 saturated carbocycles. The minimum absolute atomic E-state index is 0.0217. The number of aromatic nitrogens is 2. The smallest absolute Gasteiger partial charge is 0.173 e. The Labute approximate surface area is 150 Å². The van der Waals surface area contributed by atoms with Crippen molar-refractivity contribution in [3.63, 3.8) is 0 Å². The van der Waals surface area contributed by atoms with Crippen LogP contribution in [-0.4, -0.2) is 22.3 Å². The number of Topliss-reactive ketones (excluding diaryl/α,β-unsaturated/α-hetero) is 1. The molecule has 4 rings (SSSR count). The van der Waals surface area contributed by atoms with Crippen LogP contribution in [0.5, 0.6) is 0 Å². The summed E-state index contributed by atoms with van der Waals surface area (Å²) in [6.45, 7) is 1.01. The third-order valence-corrected chi connectivity index (χ3v) is 4.42. The van der Waals surface area contributed by atoms with Gasteiger partial charge in [-0.15, -0.1) is 0 Å². The summed E-state index contributed by atoms with van der Waals surface area (Å²) in [5.41, 5.74) is 2.31. The summed E-state index contributed by atoms with van der Waals surface area (Å²) in [7, 11) is 0. The van der Waals surface area contributed by atoms with Crippen molar-refractivity contribution in [3.8, 4) is 0 Å². The first-order chi connectivity index (χ1) is 12.7. The zero-order chi connectivity index (χ0) is 17.9. The first-order valence-electron chi connectivity index (χ1n) is 8.38. The van der Waals surface area contributed by atoms with Crippen LogP contribution in [0.15, 0.2) is 60.9 Å². The van der Waals surface area contributed by atoms with E-state index < -0.39 is 0 Å². The van der Waals surface area contributed by atoms with Crippen LogP contribution in [0.4, 0.5) is 16.0 Å². The van der Waals surface area contributed by atoms with E-state index in [1.807, 2.05) is 18.2 Å². The average Bonchev–Trinajstić information content (AvgIpc) is 3.10. The second-order valence-corrected chi connectivity index (χ2v) is 6.15. The predicted octanol–water partition coefficient (Wildman–Crippen LogP) is 3.62. The molecular weight excluding hydrogens is 331 g/mol. The van der Waals surface area contributed by atoms with E-state index in [0.29, 0.717) is 24.5 Å². The summed E-state index contributed by atoms with van der Waals surface area (Å²) in [4.78, 5) is 21.3. The van der Waals surface area contributed by atoms with E-state index in [9.17, 15) is 9.18 Å². The highest BCUT2D eigenvalue weighted by atomic mass is 19.1. The van der Waals surface area contributed by atoms with Crippen molar-refractivity contribution >= 4 is 17.4 Å². The Morgan fingerprint density at radius 3 is 2.92 bits per heavy atom. The molecule has 0 fully saturated rings. The highest BCUT2D eigenvalue weighted by Crippen LogP contribution is 2.31. The fraction of sp³-hybridized carbons (Fsp3) is 0.150. The molecule has 0 spiro atoms. The Morgan fingerprint density at radius 1 is 1.19 bits per heavy atom. The van der Waals surface area contributed by atoms with Gasteiger partial charge in [-0.3, -0.25) is 4.79 Å². The van der Waals surface area contributed by atoms with E-state index in [2.05, 4.69) is 20.6 Å².